The van der Waals surface area contributed by atoms with Crippen LogP contribution in [0.5, 0.6) is 0 Å². The van der Waals surface area contributed by atoms with Crippen LogP contribution in [0.2, 0.25) is 0 Å². The van der Waals surface area contributed by atoms with Crippen LogP contribution in [0, 0.1) is 28.2 Å². The van der Waals surface area contributed by atoms with Gasteiger partial charge in [0.1, 0.15) is 0 Å². The van der Waals surface area contributed by atoms with Crippen molar-refractivity contribution in [2.45, 2.75) is 18.7 Å². The monoisotopic (exact) mass is 399 g/mol. The van der Waals surface area contributed by atoms with Crippen molar-refractivity contribution in [3.8, 4) is 0 Å². The van der Waals surface area contributed by atoms with Crippen molar-refractivity contribution < 1.29 is 33.4 Å². The van der Waals surface area contributed by atoms with E-state index >= 15 is 0 Å². The van der Waals surface area contributed by atoms with Gasteiger partial charge in [-0.05, 0) is 30.9 Å². The Morgan fingerprint density at radius 3 is 1.76 bits per heavy atom. The van der Waals surface area contributed by atoms with Gasteiger partial charge < -0.3 is 7.43 Å². The van der Waals surface area contributed by atoms with Gasteiger partial charge in [0, 0.05) is 11.4 Å². The molecule has 21 heavy (non-hydrogen) atoms. The molecule has 4 nitrogen and oxygen atoms in total. The Morgan fingerprint density at radius 1 is 1.00 bits per heavy atom. The summed E-state index contributed by atoms with van der Waals surface area (Å²) in [5, 5.41) is 0. The van der Waals surface area contributed by atoms with E-state index in [4.69, 9.17) is 4.55 Å². The van der Waals surface area contributed by atoms with Gasteiger partial charge in [0.2, 0.25) is 10.1 Å². The second-order valence-corrected chi connectivity index (χ2v) is 5.39. The Labute approximate surface area is 141 Å². The van der Waals surface area contributed by atoms with E-state index in [1.54, 1.807) is 6.07 Å². The van der Waals surface area contributed by atoms with Gasteiger partial charge in [-0.1, -0.05) is 18.2 Å². The van der Waals surface area contributed by atoms with Crippen molar-refractivity contribution in [2.75, 3.05) is 0 Å². The summed E-state index contributed by atoms with van der Waals surface area (Å²) in [4.78, 5) is 4.03. The molecule has 118 valence electrons. The molecule has 0 atom stereocenters. The summed E-state index contributed by atoms with van der Waals surface area (Å²) in [6.45, 7) is 7.43. The third kappa shape index (κ3) is 7.98. The zero-order chi connectivity index (χ0) is 14.5. The quantitative estimate of drug-likeness (QED) is 0.454. The number of pyridine rings is 1. The first-order valence-corrected chi connectivity index (χ1v) is 7.03. The summed E-state index contributed by atoms with van der Waals surface area (Å²) in [7, 11) is -4.10. The molecule has 0 bridgehead atoms. The predicted molar refractivity (Wildman–Crippen MR) is 80.8 cm³/mol. The van der Waals surface area contributed by atoms with Crippen LogP contribution in [0.25, 0.3) is 0 Å². The smallest absolute Gasteiger partial charge is 0.358 e. The molecule has 0 amide bonds. The molecule has 0 fully saturated rings. The van der Waals surface area contributed by atoms with Gasteiger partial charge in [-0.15, -0.1) is 6.07 Å². The maximum absolute atomic E-state index is 10.6. The van der Waals surface area contributed by atoms with Crippen LogP contribution >= 0.6 is 0 Å². The summed E-state index contributed by atoms with van der Waals surface area (Å²) in [5.41, 5.74) is 2.48. The number of hydrogen-bond donors (Lipinski definition) is 1. The molecular weight excluding hydrogens is 381 g/mol. The first-order valence-electron chi connectivity index (χ1n) is 5.59. The van der Waals surface area contributed by atoms with E-state index in [2.05, 4.69) is 11.9 Å². The molecule has 2 aromatic rings. The van der Waals surface area contributed by atoms with Gasteiger partial charge in [0.05, 0.1) is 0 Å². The standard InChI is InChI=1S/C7H9N.C7H7O3S.CH3.Pd/c1-6-4-3-5-7(2)8-6;1-6-4-2-3-5-7(6)11(8,9)10;;/h3-5H,1-2H3;2-5H,1H2,(H,8,9,10);1H3;/q;2*-1;+2. The van der Waals surface area contributed by atoms with Crippen molar-refractivity contribution in [3.05, 3.63) is 73.8 Å². The summed E-state index contributed by atoms with van der Waals surface area (Å²) in [6, 6.07) is 12.0. The molecule has 0 saturated carbocycles. The Balaban J connectivity index is 0. The SMILES string of the molecule is Cc1cccc(C)n1.[CH2-]c1ccccc1S(=O)(=O)O.[CH3-].[Pd+2]. The molecule has 0 saturated heterocycles. The minimum Gasteiger partial charge on any atom is -0.358 e. The first-order chi connectivity index (χ1) is 8.80. The summed E-state index contributed by atoms with van der Waals surface area (Å²) >= 11 is 0. The van der Waals surface area contributed by atoms with Crippen molar-refractivity contribution >= 4 is 10.1 Å². The van der Waals surface area contributed by atoms with Gasteiger partial charge >= 0.3 is 20.4 Å². The molecule has 1 N–H and O–H groups in total. The fourth-order valence-electron chi connectivity index (χ4n) is 1.43. The normalized spacial score (nSPS) is 9.48. The fraction of sp³-hybridized carbons (Fsp3) is 0.133. The Kier molecular flexibility index (Phi) is 10.2. The largest absolute Gasteiger partial charge is 2.00 e. The van der Waals surface area contributed by atoms with Crippen LogP contribution in [-0.4, -0.2) is 18.0 Å². The van der Waals surface area contributed by atoms with E-state index in [9.17, 15) is 8.42 Å². The Hall–Kier alpha value is -1.19. The van der Waals surface area contributed by atoms with Gasteiger partial charge in [0.25, 0.3) is 0 Å². The second-order valence-electron chi connectivity index (χ2n) is 4.00. The number of hydrogen-bond acceptors (Lipinski definition) is 3. The van der Waals surface area contributed by atoms with Crippen LogP contribution in [0.3, 0.4) is 0 Å². The third-order valence-corrected chi connectivity index (χ3v) is 3.23. The molecule has 0 radical (unpaired) electrons. The minimum atomic E-state index is -4.10. The Morgan fingerprint density at radius 2 is 1.48 bits per heavy atom. The summed E-state index contributed by atoms with van der Waals surface area (Å²) in [5.74, 6) is 0. The minimum absolute atomic E-state index is 0. The van der Waals surface area contributed by atoms with Crippen molar-refractivity contribution in [2.24, 2.45) is 0 Å². The third-order valence-electron chi connectivity index (χ3n) is 2.28. The van der Waals surface area contributed by atoms with Gasteiger partial charge in [-0.2, -0.15) is 18.6 Å². The van der Waals surface area contributed by atoms with Crippen molar-refractivity contribution in [1.82, 2.24) is 4.98 Å². The zero-order valence-corrected chi connectivity index (χ0v) is 14.6. The molecule has 1 aromatic carbocycles. The number of nitrogens with zero attached hydrogens (tertiary/aromatic N) is 1. The Bertz CT molecular complexity index is 640. The number of rotatable bonds is 1. The van der Waals surface area contributed by atoms with Crippen LogP contribution in [0.4, 0.5) is 0 Å². The molecular formula is C15H19NO3PdS. The number of benzene rings is 1. The summed E-state index contributed by atoms with van der Waals surface area (Å²) in [6.07, 6.45) is 0. The average molecular weight is 400 g/mol. The van der Waals surface area contributed by atoms with E-state index in [0.29, 0.717) is 5.56 Å². The van der Waals surface area contributed by atoms with E-state index < -0.39 is 10.1 Å². The average Bonchev–Trinajstić information content (AvgIpc) is 2.28. The van der Waals surface area contributed by atoms with Crippen LogP contribution in [0.1, 0.15) is 17.0 Å². The van der Waals surface area contributed by atoms with Gasteiger partial charge in [-0.25, -0.2) is 8.42 Å². The summed E-state index contributed by atoms with van der Waals surface area (Å²) < 4.78 is 29.7. The molecule has 0 aliphatic heterocycles. The van der Waals surface area contributed by atoms with Crippen LogP contribution in [-0.2, 0) is 30.5 Å². The molecule has 0 aliphatic carbocycles. The molecule has 0 unspecified atom stereocenters. The van der Waals surface area contributed by atoms with E-state index in [1.165, 1.54) is 18.2 Å². The second kappa shape index (κ2) is 9.70. The molecule has 0 aliphatic rings. The zero-order valence-electron chi connectivity index (χ0n) is 12.2. The van der Waals surface area contributed by atoms with E-state index in [1.807, 2.05) is 32.0 Å². The number of aromatic nitrogens is 1. The molecule has 6 heteroatoms. The first kappa shape index (κ1) is 22.1. The van der Waals surface area contributed by atoms with Gasteiger partial charge in [0.15, 0.2) is 0 Å². The topological polar surface area (TPSA) is 67.3 Å². The molecule has 1 heterocycles. The van der Waals surface area contributed by atoms with Gasteiger partial charge in [-0.3, -0.25) is 9.54 Å². The predicted octanol–water partition coefficient (Wildman–Crippen LogP) is 3.26. The maximum Gasteiger partial charge on any atom is 2.00 e. The van der Waals surface area contributed by atoms with Crippen molar-refractivity contribution in [1.29, 1.82) is 0 Å². The molecule has 0 spiro atoms. The van der Waals surface area contributed by atoms with Crippen LogP contribution in [0.15, 0.2) is 47.4 Å². The number of aryl methyl sites for hydroxylation is 2. The molecule has 2 rings (SSSR count). The van der Waals surface area contributed by atoms with Crippen LogP contribution < -0.4 is 0 Å². The molecule has 1 aromatic heterocycles. The maximum atomic E-state index is 10.6. The van der Waals surface area contributed by atoms with E-state index in [0.717, 1.165) is 11.4 Å². The van der Waals surface area contributed by atoms with Crippen molar-refractivity contribution in [3.63, 3.8) is 0 Å². The fourth-order valence-corrected chi connectivity index (χ4v) is 2.08. The van der Waals surface area contributed by atoms with E-state index in [-0.39, 0.29) is 32.7 Å².